The largest absolute Gasteiger partial charge is 0.378 e. The number of aromatic nitrogens is 2. The molecule has 0 fully saturated rings. The van der Waals surface area contributed by atoms with Gasteiger partial charge in [0.15, 0.2) is 0 Å². The Hall–Kier alpha value is -2.42. The molecule has 0 aliphatic rings. The van der Waals surface area contributed by atoms with E-state index in [-0.39, 0.29) is 0 Å². The topological polar surface area (TPSA) is 37.8 Å². The van der Waals surface area contributed by atoms with Crippen LogP contribution < -0.4 is 5.32 Å². The van der Waals surface area contributed by atoms with Gasteiger partial charge in [0.2, 0.25) is 0 Å². The molecule has 0 bridgehead atoms. The molecule has 0 aliphatic heterocycles. The number of hydrogen-bond donors (Lipinski definition) is 1. The third-order valence-corrected chi connectivity index (χ3v) is 2.82. The Morgan fingerprint density at radius 1 is 0.833 bits per heavy atom. The molecule has 0 saturated carbocycles. The maximum Gasteiger partial charge on any atom is 0.147 e. The number of nitrogens with zero attached hydrogens (tertiary/aromatic N) is 2. The molecule has 18 heavy (non-hydrogen) atoms. The summed E-state index contributed by atoms with van der Waals surface area (Å²) in [6, 6.07) is 16.5. The van der Waals surface area contributed by atoms with Crippen LogP contribution in [0.5, 0.6) is 0 Å². The quantitative estimate of drug-likeness (QED) is 0.757. The molecule has 1 N–H and O–H groups in total. The number of hydrogen-bond acceptors (Lipinski definition) is 3. The van der Waals surface area contributed by atoms with Crippen molar-refractivity contribution >= 4 is 16.5 Å². The normalized spacial score (nSPS) is 10.4. The fraction of sp³-hybridized carbons (Fsp3) is 0.0667. The smallest absolute Gasteiger partial charge is 0.147 e. The molecule has 3 heteroatoms. The Morgan fingerprint density at radius 2 is 1.61 bits per heavy atom. The Morgan fingerprint density at radius 3 is 2.44 bits per heavy atom. The van der Waals surface area contributed by atoms with Crippen molar-refractivity contribution in [3.05, 3.63) is 66.7 Å². The molecule has 1 aromatic heterocycles. The van der Waals surface area contributed by atoms with Crippen LogP contribution in [0.25, 0.3) is 10.8 Å². The van der Waals surface area contributed by atoms with Crippen molar-refractivity contribution in [3.8, 4) is 0 Å². The van der Waals surface area contributed by atoms with Gasteiger partial charge in [0.25, 0.3) is 0 Å². The van der Waals surface area contributed by atoms with Crippen molar-refractivity contribution in [1.29, 1.82) is 0 Å². The van der Waals surface area contributed by atoms with Crippen LogP contribution in [0.4, 0.5) is 5.69 Å². The van der Waals surface area contributed by atoms with Crippen LogP contribution in [0.3, 0.4) is 0 Å². The minimum Gasteiger partial charge on any atom is -0.378 e. The van der Waals surface area contributed by atoms with Crippen molar-refractivity contribution in [2.24, 2.45) is 0 Å². The van der Waals surface area contributed by atoms with Crippen LogP contribution in [0.15, 0.2) is 60.9 Å². The van der Waals surface area contributed by atoms with Crippen molar-refractivity contribution in [3.63, 3.8) is 0 Å². The van der Waals surface area contributed by atoms with Gasteiger partial charge in [-0.05, 0) is 29.0 Å². The fourth-order valence-corrected chi connectivity index (χ4v) is 1.90. The molecule has 0 atom stereocenters. The van der Waals surface area contributed by atoms with Gasteiger partial charge in [-0.15, -0.1) is 0 Å². The summed E-state index contributed by atoms with van der Waals surface area (Å²) in [5, 5.41) is 5.81. The van der Waals surface area contributed by atoms with Crippen LogP contribution in [0.1, 0.15) is 5.82 Å². The molecule has 0 radical (unpaired) electrons. The zero-order valence-electron chi connectivity index (χ0n) is 9.88. The highest BCUT2D eigenvalue weighted by molar-refractivity contribution is 5.85. The van der Waals surface area contributed by atoms with E-state index in [1.54, 1.807) is 12.4 Å². The molecule has 0 spiro atoms. The summed E-state index contributed by atoms with van der Waals surface area (Å²) in [5.41, 5.74) is 1.08. The average Bonchev–Trinajstić information content (AvgIpc) is 2.46. The van der Waals surface area contributed by atoms with E-state index < -0.39 is 0 Å². The van der Waals surface area contributed by atoms with Gasteiger partial charge in [-0.25, -0.2) is 9.97 Å². The predicted octanol–water partition coefficient (Wildman–Crippen LogP) is 3.24. The monoisotopic (exact) mass is 235 g/mol. The number of anilines is 1. The second-order valence-electron chi connectivity index (χ2n) is 4.08. The van der Waals surface area contributed by atoms with E-state index in [0.29, 0.717) is 6.54 Å². The van der Waals surface area contributed by atoms with Gasteiger partial charge in [0, 0.05) is 18.1 Å². The lowest BCUT2D eigenvalue weighted by Crippen LogP contribution is -2.03. The number of rotatable bonds is 3. The molecule has 0 saturated heterocycles. The van der Waals surface area contributed by atoms with Gasteiger partial charge in [0.1, 0.15) is 5.82 Å². The van der Waals surface area contributed by atoms with Crippen LogP contribution in [-0.2, 0) is 6.54 Å². The van der Waals surface area contributed by atoms with Crippen molar-refractivity contribution in [1.82, 2.24) is 9.97 Å². The Labute approximate surface area is 106 Å². The highest BCUT2D eigenvalue weighted by Crippen LogP contribution is 2.18. The number of benzene rings is 2. The second-order valence-corrected chi connectivity index (χ2v) is 4.08. The molecule has 2 aromatic carbocycles. The van der Waals surface area contributed by atoms with Gasteiger partial charge in [0.05, 0.1) is 6.54 Å². The fourth-order valence-electron chi connectivity index (χ4n) is 1.90. The van der Waals surface area contributed by atoms with Crippen molar-refractivity contribution < 1.29 is 0 Å². The lowest BCUT2D eigenvalue weighted by molar-refractivity contribution is 0.949. The zero-order valence-corrected chi connectivity index (χ0v) is 9.88. The average molecular weight is 235 g/mol. The van der Waals surface area contributed by atoms with E-state index in [4.69, 9.17) is 0 Å². The van der Waals surface area contributed by atoms with Crippen LogP contribution in [0.2, 0.25) is 0 Å². The highest BCUT2D eigenvalue weighted by Gasteiger charge is 1.97. The molecular weight excluding hydrogens is 222 g/mol. The molecule has 0 unspecified atom stereocenters. The van der Waals surface area contributed by atoms with Gasteiger partial charge in [-0.1, -0.05) is 30.3 Å². The summed E-state index contributed by atoms with van der Waals surface area (Å²) in [6.45, 7) is 0.638. The highest BCUT2D eigenvalue weighted by atomic mass is 15.0. The molecule has 0 amide bonds. The zero-order chi connectivity index (χ0) is 12.2. The predicted molar refractivity (Wildman–Crippen MR) is 73.3 cm³/mol. The van der Waals surface area contributed by atoms with Crippen LogP contribution in [0, 0.1) is 0 Å². The summed E-state index contributed by atoms with van der Waals surface area (Å²) >= 11 is 0. The SMILES string of the molecule is c1cnc(CNc2ccc3ccccc3c2)nc1. The molecule has 88 valence electrons. The molecule has 3 aromatic rings. The molecule has 1 heterocycles. The first-order valence-corrected chi connectivity index (χ1v) is 5.90. The summed E-state index contributed by atoms with van der Waals surface area (Å²) in [6.07, 6.45) is 3.51. The van der Waals surface area contributed by atoms with Crippen LogP contribution in [-0.4, -0.2) is 9.97 Å². The maximum atomic E-state index is 4.18. The molecule has 0 aliphatic carbocycles. The summed E-state index contributed by atoms with van der Waals surface area (Å²) < 4.78 is 0. The van der Waals surface area contributed by atoms with E-state index in [0.717, 1.165) is 11.5 Å². The summed E-state index contributed by atoms with van der Waals surface area (Å²) in [4.78, 5) is 8.37. The summed E-state index contributed by atoms with van der Waals surface area (Å²) in [7, 11) is 0. The first-order valence-electron chi connectivity index (χ1n) is 5.90. The first-order chi connectivity index (χ1) is 8.92. The van der Waals surface area contributed by atoms with Gasteiger partial charge >= 0.3 is 0 Å². The van der Waals surface area contributed by atoms with E-state index in [2.05, 4.69) is 45.6 Å². The standard InChI is InChI=1S/C15H13N3/c1-2-5-13-10-14(7-6-12(13)4-1)18-11-15-16-8-3-9-17-15/h1-10,18H,11H2. The minimum absolute atomic E-state index is 0.638. The van der Waals surface area contributed by atoms with E-state index in [1.807, 2.05) is 18.2 Å². The Kier molecular flexibility index (Phi) is 2.88. The molecule has 3 rings (SSSR count). The summed E-state index contributed by atoms with van der Waals surface area (Å²) in [5.74, 6) is 0.797. The lowest BCUT2D eigenvalue weighted by Gasteiger charge is -2.06. The number of nitrogens with one attached hydrogen (secondary N) is 1. The van der Waals surface area contributed by atoms with Crippen LogP contribution >= 0.6 is 0 Å². The van der Waals surface area contributed by atoms with Gasteiger partial charge in [-0.3, -0.25) is 0 Å². The van der Waals surface area contributed by atoms with E-state index in [9.17, 15) is 0 Å². The van der Waals surface area contributed by atoms with E-state index in [1.165, 1.54) is 10.8 Å². The lowest BCUT2D eigenvalue weighted by atomic mass is 10.1. The van der Waals surface area contributed by atoms with Crippen molar-refractivity contribution in [2.75, 3.05) is 5.32 Å². The first kappa shape index (κ1) is 10.7. The Balaban J connectivity index is 1.79. The van der Waals surface area contributed by atoms with Gasteiger partial charge in [-0.2, -0.15) is 0 Å². The third-order valence-electron chi connectivity index (χ3n) is 2.82. The minimum atomic E-state index is 0.638. The van der Waals surface area contributed by atoms with Gasteiger partial charge < -0.3 is 5.32 Å². The molecule has 3 nitrogen and oxygen atoms in total. The second kappa shape index (κ2) is 4.84. The number of fused-ring (bicyclic) bond motifs is 1. The third kappa shape index (κ3) is 2.30. The molecular formula is C15H13N3. The maximum absolute atomic E-state index is 4.18. The van der Waals surface area contributed by atoms with Crippen molar-refractivity contribution in [2.45, 2.75) is 6.54 Å². The van der Waals surface area contributed by atoms with E-state index >= 15 is 0 Å². The Bertz CT molecular complexity index is 650.